The summed E-state index contributed by atoms with van der Waals surface area (Å²) in [4.78, 5) is 0.986. The van der Waals surface area contributed by atoms with Crippen LogP contribution in [0, 0.1) is 22.7 Å². The third-order valence-corrected chi connectivity index (χ3v) is 5.11. The summed E-state index contributed by atoms with van der Waals surface area (Å²) in [6, 6.07) is 24.2. The molecule has 0 unspecified atom stereocenters. The van der Waals surface area contributed by atoms with Gasteiger partial charge in [0.05, 0.1) is 0 Å². The fraction of sp³-hybridized carbons (Fsp3) is 0.111. The summed E-state index contributed by atoms with van der Waals surface area (Å²) in [5, 5.41) is 18.6. The second kappa shape index (κ2) is 9.00. The van der Waals surface area contributed by atoms with Gasteiger partial charge in [0.2, 0.25) is 0 Å². The number of hydrogen-bond donors (Lipinski definition) is 0. The molecule has 2 rings (SSSR count). The topological polar surface area (TPSA) is 47.6 Å². The minimum absolute atomic E-state index is 0.493. The van der Waals surface area contributed by atoms with Crippen LogP contribution in [-0.2, 0) is 11.5 Å². The van der Waals surface area contributed by atoms with Crippen LogP contribution in [0.3, 0.4) is 0 Å². The zero-order chi connectivity index (χ0) is 15.6. The van der Waals surface area contributed by atoms with E-state index >= 15 is 0 Å². The molecular formula is C18H14N2S2. The first-order valence-corrected chi connectivity index (χ1v) is 8.68. The van der Waals surface area contributed by atoms with Crippen molar-refractivity contribution in [3.63, 3.8) is 0 Å². The van der Waals surface area contributed by atoms with Gasteiger partial charge in [-0.3, -0.25) is 0 Å². The van der Waals surface area contributed by atoms with Crippen LogP contribution < -0.4 is 0 Å². The van der Waals surface area contributed by atoms with E-state index in [1.165, 1.54) is 23.5 Å². The SMILES string of the molecule is N#C/C(SCc1ccccc1)=C(\C#N)SCc1ccccc1. The van der Waals surface area contributed by atoms with E-state index in [4.69, 9.17) is 0 Å². The Bertz CT molecular complexity index is 647. The maximum Gasteiger partial charge on any atom is 0.109 e. The maximum atomic E-state index is 9.31. The molecule has 0 spiro atoms. The van der Waals surface area contributed by atoms with Gasteiger partial charge < -0.3 is 0 Å². The van der Waals surface area contributed by atoms with Gasteiger partial charge in [-0.1, -0.05) is 60.7 Å². The molecule has 0 aliphatic carbocycles. The Hall–Kier alpha value is -2.14. The van der Waals surface area contributed by atoms with Crippen molar-refractivity contribution >= 4 is 23.5 Å². The van der Waals surface area contributed by atoms with Crippen molar-refractivity contribution in [2.75, 3.05) is 0 Å². The second-order valence-corrected chi connectivity index (χ2v) is 6.40. The minimum atomic E-state index is 0.493. The number of benzene rings is 2. The van der Waals surface area contributed by atoms with E-state index < -0.39 is 0 Å². The molecule has 108 valence electrons. The van der Waals surface area contributed by atoms with Gasteiger partial charge in [-0.25, -0.2) is 0 Å². The first-order valence-electron chi connectivity index (χ1n) is 6.71. The van der Waals surface area contributed by atoms with Crippen LogP contribution in [0.25, 0.3) is 0 Å². The van der Waals surface area contributed by atoms with Crippen molar-refractivity contribution < 1.29 is 0 Å². The van der Waals surface area contributed by atoms with Crippen LogP contribution in [-0.4, -0.2) is 0 Å². The average molecular weight is 322 g/mol. The molecule has 2 aromatic carbocycles. The molecule has 0 aliphatic heterocycles. The molecule has 2 nitrogen and oxygen atoms in total. The molecular weight excluding hydrogens is 308 g/mol. The van der Waals surface area contributed by atoms with Gasteiger partial charge >= 0.3 is 0 Å². The molecule has 0 atom stereocenters. The van der Waals surface area contributed by atoms with Crippen LogP contribution in [0.5, 0.6) is 0 Å². The number of nitrogens with zero attached hydrogens (tertiary/aromatic N) is 2. The minimum Gasteiger partial charge on any atom is -0.192 e. The van der Waals surface area contributed by atoms with Gasteiger partial charge in [-0.15, -0.1) is 23.5 Å². The zero-order valence-electron chi connectivity index (χ0n) is 11.9. The standard InChI is InChI=1S/C18H14N2S2/c19-11-17(21-13-15-7-3-1-4-8-15)18(12-20)22-14-16-9-5-2-6-10-16/h1-10H,13-14H2/b18-17-. The van der Waals surface area contributed by atoms with Crippen molar-refractivity contribution in [2.45, 2.75) is 11.5 Å². The highest BCUT2D eigenvalue weighted by Crippen LogP contribution is 2.31. The molecule has 0 radical (unpaired) electrons. The van der Waals surface area contributed by atoms with Gasteiger partial charge in [-0.2, -0.15) is 10.5 Å². The van der Waals surface area contributed by atoms with E-state index in [-0.39, 0.29) is 0 Å². The highest BCUT2D eigenvalue weighted by Gasteiger charge is 2.09. The van der Waals surface area contributed by atoms with Crippen LogP contribution in [0.1, 0.15) is 11.1 Å². The van der Waals surface area contributed by atoms with E-state index in [0.29, 0.717) is 21.3 Å². The van der Waals surface area contributed by atoms with Crippen molar-refractivity contribution in [1.29, 1.82) is 10.5 Å². The number of thioether (sulfide) groups is 2. The highest BCUT2D eigenvalue weighted by molar-refractivity contribution is 8.06. The third kappa shape index (κ3) is 5.00. The van der Waals surface area contributed by atoms with Crippen LogP contribution in [0.15, 0.2) is 70.5 Å². The Morgan fingerprint density at radius 1 is 0.682 bits per heavy atom. The van der Waals surface area contributed by atoms with Gasteiger partial charge in [0, 0.05) is 11.5 Å². The zero-order valence-corrected chi connectivity index (χ0v) is 13.5. The Morgan fingerprint density at radius 2 is 1.05 bits per heavy atom. The highest BCUT2D eigenvalue weighted by atomic mass is 32.2. The Balaban J connectivity index is 2.02. The second-order valence-electron chi connectivity index (χ2n) is 4.43. The molecule has 2 aromatic rings. The molecule has 0 aromatic heterocycles. The molecule has 0 heterocycles. The molecule has 0 fully saturated rings. The Morgan fingerprint density at radius 3 is 1.36 bits per heavy atom. The van der Waals surface area contributed by atoms with Gasteiger partial charge in [0.1, 0.15) is 21.9 Å². The monoisotopic (exact) mass is 322 g/mol. The first kappa shape index (κ1) is 16.2. The number of allylic oxidation sites excluding steroid dienone is 2. The van der Waals surface area contributed by atoms with E-state index in [1.807, 2.05) is 60.7 Å². The molecule has 0 aliphatic rings. The predicted molar refractivity (Wildman–Crippen MR) is 93.7 cm³/mol. The van der Waals surface area contributed by atoms with Gasteiger partial charge in [0.25, 0.3) is 0 Å². The van der Waals surface area contributed by atoms with Gasteiger partial charge in [0.15, 0.2) is 0 Å². The molecule has 0 amide bonds. The lowest BCUT2D eigenvalue weighted by Crippen LogP contribution is -1.86. The fourth-order valence-corrected chi connectivity index (χ4v) is 3.60. The van der Waals surface area contributed by atoms with E-state index in [1.54, 1.807) is 0 Å². The molecule has 22 heavy (non-hydrogen) atoms. The normalized spacial score (nSPS) is 11.2. The van der Waals surface area contributed by atoms with Crippen molar-refractivity contribution in [1.82, 2.24) is 0 Å². The summed E-state index contributed by atoms with van der Waals surface area (Å²) in [6.07, 6.45) is 0. The van der Waals surface area contributed by atoms with E-state index in [9.17, 15) is 10.5 Å². The van der Waals surface area contributed by atoms with Crippen LogP contribution in [0.2, 0.25) is 0 Å². The van der Waals surface area contributed by atoms with Crippen LogP contribution >= 0.6 is 23.5 Å². The summed E-state index contributed by atoms with van der Waals surface area (Å²) in [5.41, 5.74) is 2.29. The lowest BCUT2D eigenvalue weighted by Gasteiger charge is -2.04. The quantitative estimate of drug-likeness (QED) is 0.693. The molecule has 0 saturated carbocycles. The summed E-state index contributed by atoms with van der Waals surface area (Å²) in [7, 11) is 0. The number of hydrogen-bond acceptors (Lipinski definition) is 4. The summed E-state index contributed by atoms with van der Waals surface area (Å²) in [6.45, 7) is 0. The molecule has 0 N–H and O–H groups in total. The smallest absolute Gasteiger partial charge is 0.109 e. The molecule has 4 heteroatoms. The largest absolute Gasteiger partial charge is 0.192 e. The molecule has 0 saturated heterocycles. The summed E-state index contributed by atoms with van der Waals surface area (Å²) >= 11 is 2.84. The number of nitriles is 2. The lowest BCUT2D eigenvalue weighted by molar-refractivity contribution is 1.41. The Labute approximate surface area is 139 Å². The third-order valence-electron chi connectivity index (χ3n) is 2.86. The first-order chi connectivity index (χ1) is 10.8. The summed E-state index contributed by atoms with van der Waals surface area (Å²) in [5.74, 6) is 1.39. The van der Waals surface area contributed by atoms with Crippen molar-refractivity contribution in [3.05, 3.63) is 81.6 Å². The number of rotatable bonds is 6. The van der Waals surface area contributed by atoms with Crippen molar-refractivity contribution in [2.24, 2.45) is 0 Å². The fourth-order valence-electron chi connectivity index (χ4n) is 1.76. The summed E-state index contributed by atoms with van der Waals surface area (Å²) < 4.78 is 0. The van der Waals surface area contributed by atoms with Crippen molar-refractivity contribution in [3.8, 4) is 12.1 Å². The van der Waals surface area contributed by atoms with Gasteiger partial charge in [-0.05, 0) is 11.1 Å². The van der Waals surface area contributed by atoms with E-state index in [2.05, 4.69) is 12.1 Å². The van der Waals surface area contributed by atoms with E-state index in [0.717, 1.165) is 11.1 Å². The predicted octanol–water partition coefficient (Wildman–Crippen LogP) is 5.11. The average Bonchev–Trinajstić information content (AvgIpc) is 2.59. The lowest BCUT2D eigenvalue weighted by atomic mass is 10.2. The maximum absolute atomic E-state index is 9.31. The van der Waals surface area contributed by atoms with Crippen LogP contribution in [0.4, 0.5) is 0 Å². The molecule has 0 bridgehead atoms. The Kier molecular flexibility index (Phi) is 6.64.